The van der Waals surface area contributed by atoms with Crippen LogP contribution in [0, 0.1) is 11.3 Å². The van der Waals surface area contributed by atoms with E-state index in [2.05, 4.69) is 15.3 Å². The third-order valence-corrected chi connectivity index (χ3v) is 2.59. The molecule has 0 radical (unpaired) electrons. The van der Waals surface area contributed by atoms with E-state index in [1.54, 1.807) is 6.20 Å². The van der Waals surface area contributed by atoms with Crippen LogP contribution in [0.4, 0.5) is 5.82 Å². The van der Waals surface area contributed by atoms with Crippen molar-refractivity contribution >= 4 is 5.82 Å². The molecule has 90 valence electrons. The lowest BCUT2D eigenvalue weighted by Crippen LogP contribution is -2.08. The number of nitrogens with two attached hydrogens (primary N) is 1. The lowest BCUT2D eigenvalue weighted by molar-refractivity contribution is 0.996. The number of rotatable bonds is 4. The largest absolute Gasteiger partial charge is 0.364 e. The summed E-state index contributed by atoms with van der Waals surface area (Å²) >= 11 is 0. The molecule has 0 aliphatic rings. The first-order valence-corrected chi connectivity index (χ1v) is 5.57. The lowest BCUT2D eigenvalue weighted by Gasteiger charge is -2.09. The molecule has 0 aliphatic heterocycles. The van der Waals surface area contributed by atoms with Crippen LogP contribution in [0.1, 0.15) is 16.8 Å². The van der Waals surface area contributed by atoms with E-state index in [1.165, 1.54) is 6.20 Å². The zero-order valence-electron chi connectivity index (χ0n) is 9.80. The molecular formula is C13H13N5. The third-order valence-electron chi connectivity index (χ3n) is 2.59. The number of nitrogens with zero attached hydrogens (tertiary/aromatic N) is 3. The number of anilines is 1. The molecule has 1 heterocycles. The molecule has 0 saturated carbocycles. The molecule has 0 spiro atoms. The van der Waals surface area contributed by atoms with Crippen LogP contribution in [-0.4, -0.2) is 9.97 Å². The van der Waals surface area contributed by atoms with Gasteiger partial charge >= 0.3 is 0 Å². The number of nitriles is 1. The molecule has 3 N–H and O–H groups in total. The number of nitrogens with one attached hydrogen (secondary N) is 1. The van der Waals surface area contributed by atoms with Gasteiger partial charge in [0.05, 0.1) is 0 Å². The normalized spacial score (nSPS) is 9.78. The minimum absolute atomic E-state index is 0.294. The Labute approximate surface area is 105 Å². The van der Waals surface area contributed by atoms with Crippen LogP contribution in [0.25, 0.3) is 0 Å². The van der Waals surface area contributed by atoms with E-state index in [0.717, 1.165) is 11.1 Å². The highest BCUT2D eigenvalue weighted by Crippen LogP contribution is 2.12. The van der Waals surface area contributed by atoms with E-state index < -0.39 is 0 Å². The Bertz CT molecular complexity index is 574. The number of aromatic nitrogens is 2. The van der Waals surface area contributed by atoms with E-state index in [9.17, 15) is 0 Å². The van der Waals surface area contributed by atoms with Crippen molar-refractivity contribution in [1.82, 2.24) is 9.97 Å². The smallest absolute Gasteiger partial charge is 0.182 e. The van der Waals surface area contributed by atoms with Crippen molar-refractivity contribution in [3.05, 3.63) is 53.5 Å². The van der Waals surface area contributed by atoms with Crippen LogP contribution in [-0.2, 0) is 13.1 Å². The molecule has 1 aromatic carbocycles. The first-order valence-electron chi connectivity index (χ1n) is 5.57. The summed E-state index contributed by atoms with van der Waals surface area (Å²) in [6.45, 7) is 1.06. The van der Waals surface area contributed by atoms with Gasteiger partial charge in [0, 0.05) is 25.5 Å². The number of benzene rings is 1. The van der Waals surface area contributed by atoms with Gasteiger partial charge in [0.15, 0.2) is 11.5 Å². The summed E-state index contributed by atoms with van der Waals surface area (Å²) in [5.74, 6) is 0.492. The van der Waals surface area contributed by atoms with E-state index in [4.69, 9.17) is 11.0 Å². The molecule has 2 rings (SSSR count). The van der Waals surface area contributed by atoms with Gasteiger partial charge in [-0.05, 0) is 11.1 Å². The number of hydrogen-bond donors (Lipinski definition) is 2. The van der Waals surface area contributed by atoms with Gasteiger partial charge in [0.1, 0.15) is 6.07 Å². The van der Waals surface area contributed by atoms with E-state index in [-0.39, 0.29) is 0 Å². The maximum absolute atomic E-state index is 8.90. The second kappa shape index (κ2) is 5.75. The summed E-state index contributed by atoms with van der Waals surface area (Å²) in [5, 5.41) is 12.0. The summed E-state index contributed by atoms with van der Waals surface area (Å²) < 4.78 is 0. The van der Waals surface area contributed by atoms with Crippen LogP contribution in [0.15, 0.2) is 36.7 Å². The highest BCUT2D eigenvalue weighted by molar-refractivity contribution is 5.47. The molecule has 0 atom stereocenters. The molecule has 5 nitrogen and oxygen atoms in total. The molecule has 0 aliphatic carbocycles. The standard InChI is InChI=1S/C13H13N5/c14-7-10-3-1-2-4-11(10)9-18-13-12(8-15)16-5-6-17-13/h1-6H,7,9,14H2,(H,17,18). The molecule has 0 bridgehead atoms. The first kappa shape index (κ1) is 12.0. The molecule has 0 fully saturated rings. The van der Waals surface area contributed by atoms with Gasteiger partial charge in [-0.15, -0.1) is 0 Å². The predicted octanol–water partition coefficient (Wildman–Crippen LogP) is 1.42. The Morgan fingerprint density at radius 2 is 1.89 bits per heavy atom. The second-order valence-corrected chi connectivity index (χ2v) is 3.69. The van der Waals surface area contributed by atoms with Crippen LogP contribution in [0.3, 0.4) is 0 Å². The Morgan fingerprint density at radius 1 is 1.17 bits per heavy atom. The van der Waals surface area contributed by atoms with Gasteiger partial charge in [-0.1, -0.05) is 24.3 Å². The van der Waals surface area contributed by atoms with Gasteiger partial charge in [-0.3, -0.25) is 0 Å². The Kier molecular flexibility index (Phi) is 3.84. The molecular weight excluding hydrogens is 226 g/mol. The summed E-state index contributed by atoms with van der Waals surface area (Å²) in [6, 6.07) is 9.89. The SMILES string of the molecule is N#Cc1nccnc1NCc1ccccc1CN. The van der Waals surface area contributed by atoms with Gasteiger partial charge < -0.3 is 11.1 Å². The summed E-state index contributed by atoms with van der Waals surface area (Å²) in [5.41, 5.74) is 8.13. The molecule has 0 saturated heterocycles. The molecule has 0 amide bonds. The number of hydrogen-bond acceptors (Lipinski definition) is 5. The van der Waals surface area contributed by atoms with Gasteiger partial charge in [0.2, 0.25) is 0 Å². The lowest BCUT2D eigenvalue weighted by atomic mass is 10.1. The Balaban J connectivity index is 2.14. The highest BCUT2D eigenvalue weighted by atomic mass is 15.0. The van der Waals surface area contributed by atoms with Gasteiger partial charge in [0.25, 0.3) is 0 Å². The fourth-order valence-corrected chi connectivity index (χ4v) is 1.66. The second-order valence-electron chi connectivity index (χ2n) is 3.69. The Hall–Kier alpha value is -2.45. The summed E-state index contributed by atoms with van der Waals surface area (Å²) in [4.78, 5) is 8.03. The van der Waals surface area contributed by atoms with Crippen molar-refractivity contribution in [1.29, 1.82) is 5.26 Å². The average Bonchev–Trinajstić information content (AvgIpc) is 2.45. The van der Waals surface area contributed by atoms with Crippen LogP contribution >= 0.6 is 0 Å². The highest BCUT2D eigenvalue weighted by Gasteiger charge is 2.05. The van der Waals surface area contributed by atoms with E-state index in [0.29, 0.717) is 24.6 Å². The van der Waals surface area contributed by atoms with Crippen LogP contribution in [0.5, 0.6) is 0 Å². The summed E-state index contributed by atoms with van der Waals surface area (Å²) in [7, 11) is 0. The first-order chi connectivity index (χ1) is 8.85. The fraction of sp³-hybridized carbons (Fsp3) is 0.154. The van der Waals surface area contributed by atoms with Crippen molar-refractivity contribution in [3.63, 3.8) is 0 Å². The molecule has 5 heteroatoms. The zero-order valence-corrected chi connectivity index (χ0v) is 9.80. The topological polar surface area (TPSA) is 87.6 Å². The minimum atomic E-state index is 0.294. The molecule has 0 unspecified atom stereocenters. The van der Waals surface area contributed by atoms with Crippen molar-refractivity contribution in [2.24, 2.45) is 5.73 Å². The fourth-order valence-electron chi connectivity index (χ4n) is 1.66. The monoisotopic (exact) mass is 239 g/mol. The van der Waals surface area contributed by atoms with E-state index >= 15 is 0 Å². The van der Waals surface area contributed by atoms with Gasteiger partial charge in [-0.25, -0.2) is 9.97 Å². The summed E-state index contributed by atoms with van der Waals surface area (Å²) in [6.07, 6.45) is 3.05. The van der Waals surface area contributed by atoms with Crippen molar-refractivity contribution < 1.29 is 0 Å². The molecule has 18 heavy (non-hydrogen) atoms. The van der Waals surface area contributed by atoms with Crippen molar-refractivity contribution in [2.45, 2.75) is 13.1 Å². The maximum Gasteiger partial charge on any atom is 0.182 e. The predicted molar refractivity (Wildman–Crippen MR) is 68.4 cm³/mol. The molecule has 2 aromatic rings. The van der Waals surface area contributed by atoms with Crippen molar-refractivity contribution in [3.8, 4) is 6.07 Å². The van der Waals surface area contributed by atoms with Crippen LogP contribution < -0.4 is 11.1 Å². The van der Waals surface area contributed by atoms with Crippen LogP contribution in [0.2, 0.25) is 0 Å². The maximum atomic E-state index is 8.90. The molecule has 1 aromatic heterocycles. The zero-order chi connectivity index (χ0) is 12.8. The Morgan fingerprint density at radius 3 is 2.61 bits per heavy atom. The van der Waals surface area contributed by atoms with Crippen molar-refractivity contribution in [2.75, 3.05) is 5.32 Å². The van der Waals surface area contributed by atoms with E-state index in [1.807, 2.05) is 30.3 Å². The quantitative estimate of drug-likeness (QED) is 0.842. The average molecular weight is 239 g/mol. The minimum Gasteiger partial charge on any atom is -0.364 e. The third kappa shape index (κ3) is 2.62. The van der Waals surface area contributed by atoms with Gasteiger partial charge in [-0.2, -0.15) is 5.26 Å².